The van der Waals surface area contributed by atoms with Gasteiger partial charge in [0.1, 0.15) is 11.8 Å². The van der Waals surface area contributed by atoms with Crippen molar-refractivity contribution in [3.8, 4) is 0 Å². The lowest BCUT2D eigenvalue weighted by Crippen LogP contribution is -2.48. The summed E-state index contributed by atoms with van der Waals surface area (Å²) in [6.07, 6.45) is -0.187. The van der Waals surface area contributed by atoms with Gasteiger partial charge in [-0.25, -0.2) is 0 Å². The Kier molecular flexibility index (Phi) is 2.71. The predicted molar refractivity (Wildman–Crippen MR) is 75.5 cm³/mol. The molecule has 0 aliphatic carbocycles. The molecular formula is C14H15ClN2O2. The highest BCUT2D eigenvalue weighted by Gasteiger charge is 2.43. The molecule has 19 heavy (non-hydrogen) atoms. The van der Waals surface area contributed by atoms with E-state index < -0.39 is 0 Å². The zero-order valence-electron chi connectivity index (χ0n) is 11.0. The van der Waals surface area contributed by atoms with Crippen molar-refractivity contribution in [1.82, 2.24) is 0 Å². The van der Waals surface area contributed by atoms with E-state index in [0.717, 1.165) is 11.4 Å². The molecule has 1 aromatic carbocycles. The average molecular weight is 279 g/mol. The topological polar surface area (TPSA) is 41.6 Å². The lowest BCUT2D eigenvalue weighted by molar-refractivity contribution is -0.113. The number of ketones is 1. The average Bonchev–Trinajstić information content (AvgIpc) is 2.65. The van der Waals surface area contributed by atoms with Crippen LogP contribution >= 0.6 is 11.6 Å². The third kappa shape index (κ3) is 1.78. The molecule has 0 bridgehead atoms. The van der Waals surface area contributed by atoms with Crippen LogP contribution in [0.1, 0.15) is 13.8 Å². The van der Waals surface area contributed by atoms with E-state index in [1.54, 1.807) is 6.92 Å². The summed E-state index contributed by atoms with van der Waals surface area (Å²) in [4.78, 5) is 13.8. The number of rotatable bonds is 1. The SMILES string of the molecule is CC(=O)C1=C(C)O[C@H]2[C@@H]1Nc1cc(Cl)ccc1N2C. The fourth-order valence-corrected chi connectivity index (χ4v) is 3.00. The summed E-state index contributed by atoms with van der Waals surface area (Å²) in [7, 11) is 1.96. The summed E-state index contributed by atoms with van der Waals surface area (Å²) in [5.74, 6) is 0.733. The van der Waals surface area contributed by atoms with Crippen molar-refractivity contribution < 1.29 is 9.53 Å². The van der Waals surface area contributed by atoms with E-state index in [0.29, 0.717) is 16.4 Å². The highest BCUT2D eigenvalue weighted by Crippen LogP contribution is 2.41. The summed E-state index contributed by atoms with van der Waals surface area (Å²) in [5, 5.41) is 4.03. The number of carbonyl (C=O) groups excluding carboxylic acids is 1. The Morgan fingerprint density at radius 3 is 2.89 bits per heavy atom. The number of Topliss-reactive ketones (excluding diaryl/α,β-unsaturated/α-hetero) is 1. The van der Waals surface area contributed by atoms with E-state index in [1.807, 2.05) is 37.1 Å². The largest absolute Gasteiger partial charge is 0.472 e. The summed E-state index contributed by atoms with van der Waals surface area (Å²) in [6, 6.07) is 5.52. The van der Waals surface area contributed by atoms with E-state index >= 15 is 0 Å². The number of fused-ring (bicyclic) bond motifs is 2. The zero-order valence-corrected chi connectivity index (χ0v) is 11.8. The number of allylic oxidation sites excluding steroid dienone is 1. The smallest absolute Gasteiger partial charge is 0.196 e. The molecular weight excluding hydrogens is 264 g/mol. The van der Waals surface area contributed by atoms with Crippen LogP contribution < -0.4 is 10.2 Å². The third-order valence-electron chi connectivity index (χ3n) is 3.68. The molecule has 100 valence electrons. The van der Waals surface area contributed by atoms with Crippen molar-refractivity contribution >= 4 is 28.8 Å². The number of nitrogens with one attached hydrogen (secondary N) is 1. The number of likely N-dealkylation sites (N-methyl/N-ethyl adjacent to an activating group) is 1. The molecule has 0 radical (unpaired) electrons. The van der Waals surface area contributed by atoms with Crippen LogP contribution in [0.25, 0.3) is 0 Å². The van der Waals surface area contributed by atoms with Crippen LogP contribution in [0, 0.1) is 0 Å². The van der Waals surface area contributed by atoms with Gasteiger partial charge in [0.05, 0.1) is 16.9 Å². The molecule has 5 heteroatoms. The normalized spacial score (nSPS) is 24.5. The second kappa shape index (κ2) is 4.17. The highest BCUT2D eigenvalue weighted by atomic mass is 35.5. The van der Waals surface area contributed by atoms with Crippen LogP contribution in [-0.2, 0) is 9.53 Å². The van der Waals surface area contributed by atoms with Gasteiger partial charge < -0.3 is 15.0 Å². The van der Waals surface area contributed by atoms with Crippen LogP contribution in [0.3, 0.4) is 0 Å². The molecule has 3 rings (SSSR count). The molecule has 0 unspecified atom stereocenters. The number of hydrogen-bond donors (Lipinski definition) is 1. The van der Waals surface area contributed by atoms with Gasteiger partial charge in [0.2, 0.25) is 0 Å². The Labute approximate surface area is 117 Å². The minimum atomic E-state index is -0.187. The predicted octanol–water partition coefficient (Wildman–Crippen LogP) is 2.79. The molecule has 0 spiro atoms. The Bertz CT molecular complexity index is 597. The van der Waals surface area contributed by atoms with Gasteiger partial charge in [-0.05, 0) is 32.0 Å². The Morgan fingerprint density at radius 1 is 1.47 bits per heavy atom. The first-order valence-electron chi connectivity index (χ1n) is 6.16. The summed E-state index contributed by atoms with van der Waals surface area (Å²) in [6.45, 7) is 3.40. The van der Waals surface area contributed by atoms with Crippen LogP contribution in [0.2, 0.25) is 5.02 Å². The first-order chi connectivity index (χ1) is 8.99. The lowest BCUT2D eigenvalue weighted by Gasteiger charge is -2.38. The van der Waals surface area contributed by atoms with Crippen LogP contribution in [0.15, 0.2) is 29.5 Å². The molecule has 0 aromatic heterocycles. The number of carbonyl (C=O) groups is 1. The number of hydrogen-bond acceptors (Lipinski definition) is 4. The number of ether oxygens (including phenoxy) is 1. The lowest BCUT2D eigenvalue weighted by atomic mass is 9.99. The van der Waals surface area contributed by atoms with Gasteiger partial charge >= 0.3 is 0 Å². The molecule has 2 aliphatic heterocycles. The molecule has 1 aromatic rings. The van der Waals surface area contributed by atoms with Gasteiger partial charge in [-0.2, -0.15) is 0 Å². The maximum atomic E-state index is 11.8. The van der Waals surface area contributed by atoms with E-state index in [4.69, 9.17) is 16.3 Å². The number of benzene rings is 1. The van der Waals surface area contributed by atoms with Crippen molar-refractivity contribution in [1.29, 1.82) is 0 Å². The molecule has 0 amide bonds. The monoisotopic (exact) mass is 278 g/mol. The maximum absolute atomic E-state index is 11.8. The van der Waals surface area contributed by atoms with Gasteiger partial charge in [-0.15, -0.1) is 0 Å². The standard InChI is InChI=1S/C14H15ClN2O2/c1-7(18)12-8(2)19-14-13(12)16-10-6-9(15)4-5-11(10)17(14)3/h4-6,13-14,16H,1-3H3/t13-,14+/m1/s1. The van der Waals surface area contributed by atoms with Gasteiger partial charge in [0.25, 0.3) is 0 Å². The first-order valence-corrected chi connectivity index (χ1v) is 6.54. The Hall–Kier alpha value is -1.68. The quantitative estimate of drug-likeness (QED) is 0.858. The van der Waals surface area contributed by atoms with Gasteiger partial charge in [-0.3, -0.25) is 4.79 Å². The van der Waals surface area contributed by atoms with E-state index in [9.17, 15) is 4.79 Å². The van der Waals surface area contributed by atoms with Crippen molar-refractivity contribution in [2.75, 3.05) is 17.3 Å². The maximum Gasteiger partial charge on any atom is 0.196 e. The molecule has 0 fully saturated rings. The Balaban J connectivity index is 2.06. The van der Waals surface area contributed by atoms with Gasteiger partial charge in [-0.1, -0.05) is 11.6 Å². The van der Waals surface area contributed by atoms with E-state index in [-0.39, 0.29) is 18.1 Å². The second-order valence-electron chi connectivity index (χ2n) is 4.93. The molecule has 0 saturated carbocycles. The van der Waals surface area contributed by atoms with Crippen molar-refractivity contribution in [3.63, 3.8) is 0 Å². The van der Waals surface area contributed by atoms with Crippen LogP contribution in [0.4, 0.5) is 11.4 Å². The Morgan fingerprint density at radius 2 is 2.21 bits per heavy atom. The molecule has 2 atom stereocenters. The zero-order chi connectivity index (χ0) is 13.7. The minimum absolute atomic E-state index is 0.0383. The number of nitrogens with zero attached hydrogens (tertiary/aromatic N) is 1. The molecule has 2 aliphatic rings. The van der Waals surface area contributed by atoms with Crippen LogP contribution in [-0.4, -0.2) is 25.1 Å². The van der Waals surface area contributed by atoms with Gasteiger partial charge in [0, 0.05) is 12.1 Å². The van der Waals surface area contributed by atoms with Crippen LogP contribution in [0.5, 0.6) is 0 Å². The first kappa shape index (κ1) is 12.4. The highest BCUT2D eigenvalue weighted by molar-refractivity contribution is 6.31. The third-order valence-corrected chi connectivity index (χ3v) is 3.92. The molecule has 2 heterocycles. The molecule has 4 nitrogen and oxygen atoms in total. The van der Waals surface area contributed by atoms with Gasteiger partial charge in [0.15, 0.2) is 12.0 Å². The van der Waals surface area contributed by atoms with E-state index in [2.05, 4.69) is 5.32 Å². The summed E-state index contributed by atoms with van der Waals surface area (Å²) >= 11 is 6.03. The van der Waals surface area contributed by atoms with Crippen molar-refractivity contribution in [3.05, 3.63) is 34.6 Å². The molecule has 0 saturated heterocycles. The number of halogens is 1. The minimum Gasteiger partial charge on any atom is -0.472 e. The molecule has 1 N–H and O–H groups in total. The fourth-order valence-electron chi connectivity index (χ4n) is 2.82. The summed E-state index contributed by atoms with van der Waals surface area (Å²) < 4.78 is 5.83. The number of anilines is 2. The van der Waals surface area contributed by atoms with E-state index in [1.165, 1.54) is 0 Å². The second-order valence-corrected chi connectivity index (χ2v) is 5.37. The van der Waals surface area contributed by atoms with Crippen molar-refractivity contribution in [2.24, 2.45) is 0 Å². The fraction of sp³-hybridized carbons (Fsp3) is 0.357. The summed E-state index contributed by atoms with van der Waals surface area (Å²) in [5.41, 5.74) is 2.65. The van der Waals surface area contributed by atoms with Crippen molar-refractivity contribution in [2.45, 2.75) is 26.1 Å².